The van der Waals surface area contributed by atoms with Gasteiger partial charge in [-0.05, 0) is 33.0 Å². The van der Waals surface area contributed by atoms with E-state index in [4.69, 9.17) is 4.52 Å². The third-order valence-corrected chi connectivity index (χ3v) is 4.06. The molecule has 1 aliphatic heterocycles. The van der Waals surface area contributed by atoms with E-state index >= 15 is 0 Å². The Balaban J connectivity index is 1.59. The lowest BCUT2D eigenvalue weighted by Gasteiger charge is -2.31. The summed E-state index contributed by atoms with van der Waals surface area (Å²) in [6.45, 7) is 2.06. The first kappa shape index (κ1) is 15.6. The van der Waals surface area contributed by atoms with Crippen molar-refractivity contribution in [1.82, 2.24) is 24.9 Å². The smallest absolute Gasteiger partial charge is 0.276 e. The van der Waals surface area contributed by atoms with Crippen molar-refractivity contribution >= 4 is 5.91 Å². The number of likely N-dealkylation sites (tertiary alicyclic amines) is 1. The first-order valence-corrected chi connectivity index (χ1v) is 7.79. The van der Waals surface area contributed by atoms with Crippen molar-refractivity contribution in [2.24, 2.45) is 0 Å². The molecule has 3 heterocycles. The van der Waals surface area contributed by atoms with Crippen molar-refractivity contribution in [3.8, 4) is 0 Å². The molecule has 2 aromatic rings. The Kier molecular flexibility index (Phi) is 4.66. The molecule has 7 nitrogen and oxygen atoms in total. The minimum absolute atomic E-state index is 0.0557. The van der Waals surface area contributed by atoms with Crippen LogP contribution in [-0.4, -0.2) is 58.0 Å². The number of hydrogen-bond donors (Lipinski definition) is 0. The number of hydrogen-bond acceptors (Lipinski definition) is 6. The lowest BCUT2D eigenvalue weighted by Crippen LogP contribution is -2.38. The fourth-order valence-electron chi connectivity index (χ4n) is 2.88. The monoisotopic (exact) mass is 315 g/mol. The van der Waals surface area contributed by atoms with Crippen molar-refractivity contribution in [3.63, 3.8) is 0 Å². The van der Waals surface area contributed by atoms with Crippen LogP contribution in [0, 0.1) is 0 Å². The summed E-state index contributed by atoms with van der Waals surface area (Å²) >= 11 is 0. The zero-order chi connectivity index (χ0) is 16.2. The van der Waals surface area contributed by atoms with Gasteiger partial charge in [-0.25, -0.2) is 9.97 Å². The van der Waals surface area contributed by atoms with E-state index in [-0.39, 0.29) is 5.91 Å². The molecule has 23 heavy (non-hydrogen) atoms. The van der Waals surface area contributed by atoms with Gasteiger partial charge in [0.05, 0.1) is 6.54 Å². The van der Waals surface area contributed by atoms with Gasteiger partial charge in [0, 0.05) is 37.0 Å². The number of carbonyl (C=O) groups is 1. The van der Waals surface area contributed by atoms with Crippen LogP contribution in [0.5, 0.6) is 0 Å². The van der Waals surface area contributed by atoms with Crippen molar-refractivity contribution < 1.29 is 9.32 Å². The molecule has 0 radical (unpaired) electrons. The molecule has 0 bridgehead atoms. The molecule has 1 amide bonds. The molecule has 3 rings (SSSR count). The molecule has 1 aliphatic rings. The second-order valence-electron chi connectivity index (χ2n) is 6.12. The average molecular weight is 315 g/mol. The van der Waals surface area contributed by atoms with Crippen LogP contribution in [0.2, 0.25) is 0 Å². The van der Waals surface area contributed by atoms with Gasteiger partial charge in [0.15, 0.2) is 11.5 Å². The van der Waals surface area contributed by atoms with Crippen LogP contribution in [0.4, 0.5) is 0 Å². The largest absolute Gasteiger partial charge is 0.359 e. The quantitative estimate of drug-likeness (QED) is 0.852. The van der Waals surface area contributed by atoms with Crippen LogP contribution >= 0.6 is 0 Å². The molecule has 0 spiro atoms. The van der Waals surface area contributed by atoms with Gasteiger partial charge in [-0.15, -0.1) is 0 Å². The van der Waals surface area contributed by atoms with Crippen molar-refractivity contribution in [3.05, 3.63) is 41.8 Å². The second-order valence-corrected chi connectivity index (χ2v) is 6.12. The Morgan fingerprint density at radius 1 is 1.39 bits per heavy atom. The molecular weight excluding hydrogens is 294 g/mol. The summed E-state index contributed by atoms with van der Waals surface area (Å²) in [5, 5.41) is 3.91. The van der Waals surface area contributed by atoms with Gasteiger partial charge in [-0.1, -0.05) is 5.16 Å². The molecule has 0 atom stereocenters. The normalized spacial score (nSPS) is 16.0. The van der Waals surface area contributed by atoms with E-state index in [1.807, 2.05) is 30.0 Å². The van der Waals surface area contributed by atoms with Gasteiger partial charge in [0.25, 0.3) is 5.91 Å². The van der Waals surface area contributed by atoms with E-state index in [9.17, 15) is 4.79 Å². The molecule has 1 fully saturated rings. The maximum Gasteiger partial charge on any atom is 0.276 e. The van der Waals surface area contributed by atoms with Gasteiger partial charge >= 0.3 is 0 Å². The molecule has 122 valence electrons. The minimum Gasteiger partial charge on any atom is -0.359 e. The average Bonchev–Trinajstić information content (AvgIpc) is 3.03. The summed E-state index contributed by atoms with van der Waals surface area (Å²) in [4.78, 5) is 24.6. The lowest BCUT2D eigenvalue weighted by atomic mass is 9.93. The number of amides is 1. The molecule has 0 saturated carbocycles. The van der Waals surface area contributed by atoms with Gasteiger partial charge in [0.2, 0.25) is 0 Å². The highest BCUT2D eigenvalue weighted by molar-refractivity contribution is 5.92. The van der Waals surface area contributed by atoms with E-state index in [1.165, 1.54) is 0 Å². The highest BCUT2D eigenvalue weighted by Gasteiger charge is 2.27. The van der Waals surface area contributed by atoms with E-state index < -0.39 is 0 Å². The maximum atomic E-state index is 12.5. The lowest BCUT2D eigenvalue weighted by molar-refractivity contribution is 0.0701. The summed E-state index contributed by atoms with van der Waals surface area (Å²) in [7, 11) is 3.89. The topological polar surface area (TPSA) is 75.4 Å². The van der Waals surface area contributed by atoms with Crippen LogP contribution in [0.1, 0.15) is 40.7 Å². The molecule has 0 aliphatic carbocycles. The Labute approximate surface area is 135 Å². The first-order valence-electron chi connectivity index (χ1n) is 7.79. The fraction of sp³-hybridized carbons (Fsp3) is 0.500. The maximum absolute atomic E-state index is 12.5. The Hall–Kier alpha value is -2.28. The van der Waals surface area contributed by atoms with Crippen LogP contribution in [0.25, 0.3) is 0 Å². The molecule has 0 N–H and O–H groups in total. The predicted octanol–water partition coefficient (Wildman–Crippen LogP) is 1.55. The SMILES string of the molecule is CN(C)Cc1cc(C(=O)N2CCC(c3ccncn3)CC2)no1. The van der Waals surface area contributed by atoms with Crippen LogP contribution < -0.4 is 0 Å². The van der Waals surface area contributed by atoms with Gasteiger partial charge in [0.1, 0.15) is 6.33 Å². The highest BCUT2D eigenvalue weighted by atomic mass is 16.5. The third-order valence-electron chi connectivity index (χ3n) is 4.06. The summed E-state index contributed by atoms with van der Waals surface area (Å²) in [5.74, 6) is 1.04. The van der Waals surface area contributed by atoms with Crippen molar-refractivity contribution in [1.29, 1.82) is 0 Å². The van der Waals surface area contributed by atoms with Crippen LogP contribution in [0.3, 0.4) is 0 Å². The molecule has 2 aromatic heterocycles. The minimum atomic E-state index is -0.0557. The Morgan fingerprint density at radius 3 is 2.83 bits per heavy atom. The van der Waals surface area contributed by atoms with Gasteiger partial charge in [-0.2, -0.15) is 0 Å². The molecular formula is C16H21N5O2. The standard InChI is InChI=1S/C16H21N5O2/c1-20(2)10-13-9-15(19-23-13)16(22)21-7-4-12(5-8-21)14-3-6-17-11-18-14/h3,6,9,11-12H,4-5,7-8,10H2,1-2H3. The molecule has 7 heteroatoms. The van der Waals surface area contributed by atoms with E-state index in [2.05, 4.69) is 15.1 Å². The van der Waals surface area contributed by atoms with Crippen molar-refractivity contribution in [2.45, 2.75) is 25.3 Å². The van der Waals surface area contributed by atoms with Crippen LogP contribution in [-0.2, 0) is 6.54 Å². The Morgan fingerprint density at radius 2 is 2.17 bits per heavy atom. The first-order chi connectivity index (χ1) is 11.1. The third kappa shape index (κ3) is 3.73. The van der Waals surface area contributed by atoms with Crippen LogP contribution in [0.15, 0.2) is 29.2 Å². The summed E-state index contributed by atoms with van der Waals surface area (Å²) in [6, 6.07) is 3.69. The zero-order valence-electron chi connectivity index (χ0n) is 13.5. The summed E-state index contributed by atoms with van der Waals surface area (Å²) < 4.78 is 5.22. The number of rotatable bonds is 4. The van der Waals surface area contributed by atoms with E-state index in [1.54, 1.807) is 18.6 Å². The predicted molar refractivity (Wildman–Crippen MR) is 83.8 cm³/mol. The number of carbonyl (C=O) groups excluding carboxylic acids is 1. The highest BCUT2D eigenvalue weighted by Crippen LogP contribution is 2.26. The van der Waals surface area contributed by atoms with Gasteiger partial charge < -0.3 is 14.3 Å². The molecule has 0 unspecified atom stereocenters. The summed E-state index contributed by atoms with van der Waals surface area (Å²) in [5.41, 5.74) is 1.45. The number of aromatic nitrogens is 3. The Bertz CT molecular complexity index is 648. The van der Waals surface area contributed by atoms with Crippen molar-refractivity contribution in [2.75, 3.05) is 27.2 Å². The van der Waals surface area contributed by atoms with E-state index in [0.29, 0.717) is 37.0 Å². The molecule has 1 saturated heterocycles. The number of nitrogens with zero attached hydrogens (tertiary/aromatic N) is 5. The van der Waals surface area contributed by atoms with Gasteiger partial charge in [-0.3, -0.25) is 4.79 Å². The second kappa shape index (κ2) is 6.87. The molecule has 0 aromatic carbocycles. The summed E-state index contributed by atoms with van der Waals surface area (Å²) in [6.07, 6.45) is 5.16. The fourth-order valence-corrected chi connectivity index (χ4v) is 2.88. The number of piperidine rings is 1. The zero-order valence-corrected chi connectivity index (χ0v) is 13.5. The van der Waals surface area contributed by atoms with E-state index in [0.717, 1.165) is 18.5 Å².